The van der Waals surface area contributed by atoms with Crippen LogP contribution in [-0.4, -0.2) is 0 Å². The lowest BCUT2D eigenvalue weighted by Gasteiger charge is -1.91. The maximum absolute atomic E-state index is 3.09. The van der Waals surface area contributed by atoms with Gasteiger partial charge in [0.25, 0.3) is 0 Å². The van der Waals surface area contributed by atoms with Gasteiger partial charge >= 0.3 is 0 Å². The standard InChI is InChI=1S/C20H16/c1-17-9-7-13-19(15-17)11-5-3-4-6-12-20-14-8-10-18(2)16-20/h3-4,7-10,13-16H,1-2H3. The first-order chi connectivity index (χ1) is 9.74. The van der Waals surface area contributed by atoms with Gasteiger partial charge < -0.3 is 0 Å². The molecule has 0 fully saturated rings. The van der Waals surface area contributed by atoms with E-state index in [4.69, 9.17) is 0 Å². The lowest BCUT2D eigenvalue weighted by Crippen LogP contribution is -1.75. The van der Waals surface area contributed by atoms with Crippen molar-refractivity contribution in [2.45, 2.75) is 13.8 Å². The van der Waals surface area contributed by atoms with Crippen LogP contribution in [0.4, 0.5) is 0 Å². The van der Waals surface area contributed by atoms with Crippen molar-refractivity contribution in [1.82, 2.24) is 0 Å². The van der Waals surface area contributed by atoms with E-state index in [9.17, 15) is 0 Å². The van der Waals surface area contributed by atoms with Gasteiger partial charge in [-0.05, 0) is 61.4 Å². The van der Waals surface area contributed by atoms with Crippen molar-refractivity contribution in [3.05, 3.63) is 82.9 Å². The molecule has 2 rings (SSSR count). The van der Waals surface area contributed by atoms with Crippen LogP contribution in [0.25, 0.3) is 0 Å². The second-order valence-electron chi connectivity index (χ2n) is 4.61. The Morgan fingerprint density at radius 1 is 0.700 bits per heavy atom. The number of aryl methyl sites for hydroxylation is 2. The molecular formula is C20H16. The minimum absolute atomic E-state index is 1.03. The average Bonchev–Trinajstić information content (AvgIpc) is 2.43. The molecule has 0 nitrogen and oxygen atoms in total. The molecule has 2 aromatic carbocycles. The van der Waals surface area contributed by atoms with Gasteiger partial charge in [-0.25, -0.2) is 0 Å². The minimum atomic E-state index is 1.03. The van der Waals surface area contributed by atoms with E-state index in [1.54, 1.807) is 12.2 Å². The van der Waals surface area contributed by atoms with Gasteiger partial charge in [0, 0.05) is 11.1 Å². The highest BCUT2D eigenvalue weighted by Gasteiger charge is 1.86. The molecule has 0 aliphatic rings. The Morgan fingerprint density at radius 3 is 1.55 bits per heavy atom. The van der Waals surface area contributed by atoms with Crippen LogP contribution in [-0.2, 0) is 0 Å². The molecule has 0 saturated carbocycles. The van der Waals surface area contributed by atoms with E-state index in [1.165, 1.54) is 11.1 Å². The van der Waals surface area contributed by atoms with Gasteiger partial charge in [-0.2, -0.15) is 0 Å². The quantitative estimate of drug-likeness (QED) is 0.618. The van der Waals surface area contributed by atoms with Crippen LogP contribution in [0.1, 0.15) is 22.3 Å². The summed E-state index contributed by atoms with van der Waals surface area (Å²) < 4.78 is 0. The Labute approximate surface area is 121 Å². The Morgan fingerprint density at radius 2 is 1.15 bits per heavy atom. The molecule has 0 unspecified atom stereocenters. The third-order valence-corrected chi connectivity index (χ3v) is 2.72. The normalized spacial score (nSPS) is 9.50. The molecule has 0 bridgehead atoms. The molecule has 0 heteroatoms. The van der Waals surface area contributed by atoms with Crippen LogP contribution in [0.2, 0.25) is 0 Å². The van der Waals surface area contributed by atoms with Gasteiger partial charge in [0.15, 0.2) is 0 Å². The SMILES string of the molecule is Cc1cccc(C#CC=CC#Cc2cccc(C)c2)c1. The smallest absolute Gasteiger partial charge is 0.0251 e. The van der Waals surface area contributed by atoms with Crippen molar-refractivity contribution in [3.8, 4) is 23.7 Å². The summed E-state index contributed by atoms with van der Waals surface area (Å²) in [6.07, 6.45) is 3.57. The summed E-state index contributed by atoms with van der Waals surface area (Å²) in [6, 6.07) is 16.3. The first-order valence-electron chi connectivity index (χ1n) is 6.55. The van der Waals surface area contributed by atoms with Crippen LogP contribution in [0, 0.1) is 37.5 Å². The second-order valence-corrected chi connectivity index (χ2v) is 4.61. The van der Waals surface area contributed by atoms with Crippen LogP contribution >= 0.6 is 0 Å². The maximum atomic E-state index is 3.09. The number of hydrogen-bond donors (Lipinski definition) is 0. The highest BCUT2D eigenvalue weighted by atomic mass is 13.9. The summed E-state index contributed by atoms with van der Waals surface area (Å²) in [5.41, 5.74) is 4.50. The fraction of sp³-hybridized carbons (Fsp3) is 0.100. The largest absolute Gasteiger partial charge is 0.0689 e. The monoisotopic (exact) mass is 256 g/mol. The third kappa shape index (κ3) is 4.52. The third-order valence-electron chi connectivity index (χ3n) is 2.72. The summed E-state index contributed by atoms with van der Waals surface area (Å²) in [7, 11) is 0. The molecule has 20 heavy (non-hydrogen) atoms. The molecule has 2 aromatic rings. The fourth-order valence-electron chi connectivity index (χ4n) is 1.78. The summed E-state index contributed by atoms with van der Waals surface area (Å²) in [5.74, 6) is 12.2. The molecular weight excluding hydrogens is 240 g/mol. The van der Waals surface area contributed by atoms with E-state index >= 15 is 0 Å². The van der Waals surface area contributed by atoms with E-state index in [1.807, 2.05) is 24.3 Å². The van der Waals surface area contributed by atoms with Crippen molar-refractivity contribution in [3.63, 3.8) is 0 Å². The van der Waals surface area contributed by atoms with Crippen LogP contribution in [0.3, 0.4) is 0 Å². The van der Waals surface area contributed by atoms with Crippen molar-refractivity contribution < 1.29 is 0 Å². The van der Waals surface area contributed by atoms with E-state index in [2.05, 4.69) is 61.8 Å². The lowest BCUT2D eigenvalue weighted by atomic mass is 10.1. The highest BCUT2D eigenvalue weighted by Crippen LogP contribution is 2.02. The molecule has 0 saturated heterocycles. The molecule has 0 aliphatic heterocycles. The summed E-state index contributed by atoms with van der Waals surface area (Å²) in [4.78, 5) is 0. The number of hydrogen-bond acceptors (Lipinski definition) is 0. The second kappa shape index (κ2) is 7.03. The van der Waals surface area contributed by atoms with E-state index in [0.717, 1.165) is 11.1 Å². The molecule has 96 valence electrons. The summed E-state index contributed by atoms with van der Waals surface area (Å²) in [5, 5.41) is 0. The van der Waals surface area contributed by atoms with Crippen molar-refractivity contribution >= 4 is 0 Å². The Hall–Kier alpha value is -2.70. The first kappa shape index (κ1) is 13.7. The topological polar surface area (TPSA) is 0 Å². The summed E-state index contributed by atoms with van der Waals surface area (Å²) in [6.45, 7) is 4.13. The molecule has 0 radical (unpaired) electrons. The van der Waals surface area contributed by atoms with Crippen LogP contribution in [0.15, 0.2) is 60.7 Å². The molecule has 0 spiro atoms. The van der Waals surface area contributed by atoms with Crippen molar-refractivity contribution in [2.75, 3.05) is 0 Å². The molecule has 0 aromatic heterocycles. The van der Waals surface area contributed by atoms with Crippen molar-refractivity contribution in [2.24, 2.45) is 0 Å². The molecule has 0 aliphatic carbocycles. The van der Waals surface area contributed by atoms with Crippen LogP contribution < -0.4 is 0 Å². The van der Waals surface area contributed by atoms with Gasteiger partial charge in [0.05, 0.1) is 0 Å². The Bertz CT molecular complexity index is 675. The van der Waals surface area contributed by atoms with Crippen molar-refractivity contribution in [1.29, 1.82) is 0 Å². The Kier molecular flexibility index (Phi) is 4.82. The van der Waals surface area contributed by atoms with Gasteiger partial charge in [0.1, 0.15) is 0 Å². The minimum Gasteiger partial charge on any atom is -0.0689 e. The number of allylic oxidation sites excluding steroid dienone is 2. The molecule has 0 N–H and O–H groups in total. The maximum Gasteiger partial charge on any atom is 0.0251 e. The molecule has 0 atom stereocenters. The zero-order chi connectivity index (χ0) is 14.2. The van der Waals surface area contributed by atoms with E-state index in [-0.39, 0.29) is 0 Å². The predicted molar refractivity (Wildman–Crippen MR) is 85.3 cm³/mol. The van der Waals surface area contributed by atoms with E-state index in [0.29, 0.717) is 0 Å². The first-order valence-corrected chi connectivity index (χ1v) is 6.55. The summed E-state index contributed by atoms with van der Waals surface area (Å²) >= 11 is 0. The molecule has 0 heterocycles. The predicted octanol–water partition coefficient (Wildman–Crippen LogP) is 4.26. The highest BCUT2D eigenvalue weighted by molar-refractivity contribution is 5.42. The number of benzene rings is 2. The lowest BCUT2D eigenvalue weighted by molar-refractivity contribution is 1.45. The average molecular weight is 256 g/mol. The molecule has 0 amide bonds. The van der Waals surface area contributed by atoms with Gasteiger partial charge in [-0.3, -0.25) is 0 Å². The van der Waals surface area contributed by atoms with E-state index < -0.39 is 0 Å². The number of rotatable bonds is 0. The van der Waals surface area contributed by atoms with Gasteiger partial charge in [-0.1, -0.05) is 47.9 Å². The van der Waals surface area contributed by atoms with Crippen LogP contribution in [0.5, 0.6) is 0 Å². The van der Waals surface area contributed by atoms with Gasteiger partial charge in [-0.15, -0.1) is 0 Å². The van der Waals surface area contributed by atoms with Gasteiger partial charge in [0.2, 0.25) is 0 Å². The fourth-order valence-corrected chi connectivity index (χ4v) is 1.78. The Balaban J connectivity index is 1.99. The zero-order valence-corrected chi connectivity index (χ0v) is 11.8. The zero-order valence-electron chi connectivity index (χ0n) is 11.8.